The second kappa shape index (κ2) is 12.4. The molecule has 2 aliphatic heterocycles. The van der Waals surface area contributed by atoms with Crippen LogP contribution in [-0.4, -0.2) is 41.4 Å². The molecule has 4 aromatic rings. The minimum Gasteiger partial charge on any atom is -0.439 e. The van der Waals surface area contributed by atoms with E-state index < -0.39 is 0 Å². The molecule has 0 unspecified atom stereocenters. The number of ether oxygens (including phenoxy) is 2. The lowest BCUT2D eigenvalue weighted by atomic mass is 9.74. The lowest BCUT2D eigenvalue weighted by Gasteiger charge is -2.38. The van der Waals surface area contributed by atoms with Gasteiger partial charge in [0.15, 0.2) is 5.11 Å². The SMILES string of the molecule is S=C(NCC1(c2ccc(Cl)cc2)CCOCC1)Nc1nc(Oc2ccccc2)cc(N2CCc3ccccc3C2)n1. The van der Waals surface area contributed by atoms with Gasteiger partial charge in [-0.05, 0) is 72.4 Å². The highest BCUT2D eigenvalue weighted by Crippen LogP contribution is 2.35. The Morgan fingerprint density at radius 2 is 1.68 bits per heavy atom. The fourth-order valence-corrected chi connectivity index (χ4v) is 5.80. The van der Waals surface area contributed by atoms with Gasteiger partial charge < -0.3 is 25.0 Å². The quantitative estimate of drug-likeness (QED) is 0.238. The second-order valence-corrected chi connectivity index (χ2v) is 11.3. The van der Waals surface area contributed by atoms with Crippen molar-refractivity contribution in [3.63, 3.8) is 0 Å². The minimum absolute atomic E-state index is 0.111. The molecule has 3 aromatic carbocycles. The van der Waals surface area contributed by atoms with E-state index in [4.69, 9.17) is 38.3 Å². The number of benzene rings is 3. The maximum atomic E-state index is 6.17. The van der Waals surface area contributed by atoms with E-state index >= 15 is 0 Å². The van der Waals surface area contributed by atoms with Gasteiger partial charge in [0.05, 0.1) is 0 Å². The number of rotatable bonds is 7. The molecule has 0 amide bonds. The summed E-state index contributed by atoms with van der Waals surface area (Å²) in [5.41, 5.74) is 3.80. The van der Waals surface area contributed by atoms with Crippen LogP contribution in [0.15, 0.2) is 84.9 Å². The van der Waals surface area contributed by atoms with Gasteiger partial charge in [0, 0.05) is 49.4 Å². The van der Waals surface area contributed by atoms with Crippen LogP contribution in [0.4, 0.5) is 11.8 Å². The zero-order valence-electron chi connectivity index (χ0n) is 22.7. The minimum atomic E-state index is -0.111. The largest absolute Gasteiger partial charge is 0.439 e. The van der Waals surface area contributed by atoms with Crippen LogP contribution in [0.25, 0.3) is 0 Å². The number of anilines is 2. The summed E-state index contributed by atoms with van der Waals surface area (Å²) in [5.74, 6) is 2.33. The van der Waals surface area contributed by atoms with Crippen molar-refractivity contribution in [2.24, 2.45) is 0 Å². The van der Waals surface area contributed by atoms with Crippen LogP contribution in [0.3, 0.4) is 0 Å². The van der Waals surface area contributed by atoms with Gasteiger partial charge in [-0.25, -0.2) is 0 Å². The van der Waals surface area contributed by atoms with Gasteiger partial charge in [-0.1, -0.05) is 66.2 Å². The normalized spacial score (nSPS) is 16.0. The number of thiocarbonyl (C=S) groups is 1. The predicted octanol–water partition coefficient (Wildman–Crippen LogP) is 6.52. The second-order valence-electron chi connectivity index (χ2n) is 10.5. The first-order chi connectivity index (χ1) is 20.1. The Kier molecular flexibility index (Phi) is 8.32. The van der Waals surface area contributed by atoms with Gasteiger partial charge in [-0.3, -0.25) is 0 Å². The molecule has 1 aromatic heterocycles. The summed E-state index contributed by atoms with van der Waals surface area (Å²) >= 11 is 11.9. The van der Waals surface area contributed by atoms with Crippen LogP contribution < -0.4 is 20.3 Å². The van der Waals surface area contributed by atoms with Crippen molar-refractivity contribution in [1.82, 2.24) is 15.3 Å². The highest BCUT2D eigenvalue weighted by molar-refractivity contribution is 7.80. The number of nitrogens with one attached hydrogen (secondary N) is 2. The Morgan fingerprint density at radius 3 is 2.46 bits per heavy atom. The first-order valence-corrected chi connectivity index (χ1v) is 14.7. The molecule has 210 valence electrons. The van der Waals surface area contributed by atoms with Gasteiger partial charge >= 0.3 is 0 Å². The van der Waals surface area contributed by atoms with Crippen molar-refractivity contribution >= 4 is 40.7 Å². The van der Waals surface area contributed by atoms with Crippen molar-refractivity contribution in [2.45, 2.75) is 31.2 Å². The van der Waals surface area contributed by atoms with Crippen LogP contribution >= 0.6 is 23.8 Å². The third-order valence-electron chi connectivity index (χ3n) is 7.83. The fraction of sp³-hybridized carbons (Fsp3) is 0.281. The van der Waals surface area contributed by atoms with Crippen LogP contribution in [0.5, 0.6) is 11.6 Å². The predicted molar refractivity (Wildman–Crippen MR) is 167 cm³/mol. The molecule has 2 aliphatic rings. The summed E-state index contributed by atoms with van der Waals surface area (Å²) in [6.45, 7) is 3.68. The van der Waals surface area contributed by atoms with Crippen molar-refractivity contribution in [3.8, 4) is 11.6 Å². The van der Waals surface area contributed by atoms with Gasteiger partial charge in [0.25, 0.3) is 0 Å². The van der Waals surface area contributed by atoms with E-state index in [-0.39, 0.29) is 5.41 Å². The number of halogens is 1. The number of nitrogens with zero attached hydrogens (tertiary/aromatic N) is 3. The van der Waals surface area contributed by atoms with Gasteiger partial charge in [0.1, 0.15) is 11.6 Å². The lowest BCUT2D eigenvalue weighted by molar-refractivity contribution is 0.0515. The molecule has 0 spiro atoms. The number of aromatic nitrogens is 2. The first kappa shape index (κ1) is 27.4. The lowest BCUT2D eigenvalue weighted by Crippen LogP contribution is -2.45. The van der Waals surface area contributed by atoms with E-state index in [9.17, 15) is 0 Å². The zero-order chi connectivity index (χ0) is 28.1. The number of hydrogen-bond donors (Lipinski definition) is 2. The Balaban J connectivity index is 1.21. The summed E-state index contributed by atoms with van der Waals surface area (Å²) in [6.07, 6.45) is 2.73. The average Bonchev–Trinajstić information content (AvgIpc) is 3.01. The molecular weight excluding hydrogens is 554 g/mol. The van der Waals surface area contributed by atoms with E-state index in [1.165, 1.54) is 16.7 Å². The maximum Gasteiger partial charge on any atom is 0.234 e. The highest BCUT2D eigenvalue weighted by Gasteiger charge is 2.34. The molecule has 0 bridgehead atoms. The van der Waals surface area contributed by atoms with E-state index in [1.54, 1.807) is 0 Å². The number of fused-ring (bicyclic) bond motifs is 1. The van der Waals surface area contributed by atoms with Crippen molar-refractivity contribution < 1.29 is 9.47 Å². The van der Waals surface area contributed by atoms with Crippen molar-refractivity contribution in [3.05, 3.63) is 107 Å². The Labute approximate surface area is 250 Å². The standard InChI is InChI=1S/C32H32ClN5O2S/c33-26-12-10-25(11-13-26)32(15-18-39-19-16-32)22-34-31(41)37-30-35-28(20-29(36-30)40-27-8-2-1-3-9-27)38-17-14-23-6-4-5-7-24(23)21-38/h1-13,20H,14-19,21-22H2,(H2,34,35,36,37,41). The third kappa shape index (κ3) is 6.62. The average molecular weight is 586 g/mol. The third-order valence-corrected chi connectivity index (χ3v) is 8.33. The van der Waals surface area contributed by atoms with E-state index in [2.05, 4.69) is 56.9 Å². The van der Waals surface area contributed by atoms with E-state index in [1.807, 2.05) is 48.5 Å². The molecule has 0 radical (unpaired) electrons. The Morgan fingerprint density at radius 1 is 0.951 bits per heavy atom. The molecule has 0 aliphatic carbocycles. The van der Waals surface area contributed by atoms with E-state index in [0.29, 0.717) is 42.4 Å². The Bertz CT molecular complexity index is 1500. The Hall–Kier alpha value is -3.72. The molecule has 0 saturated carbocycles. The molecule has 6 rings (SSSR count). The summed E-state index contributed by atoms with van der Waals surface area (Å²) < 4.78 is 11.8. The summed E-state index contributed by atoms with van der Waals surface area (Å²) in [7, 11) is 0. The molecule has 0 atom stereocenters. The van der Waals surface area contributed by atoms with Crippen molar-refractivity contribution in [1.29, 1.82) is 0 Å². The van der Waals surface area contributed by atoms with Crippen LogP contribution in [-0.2, 0) is 23.1 Å². The molecule has 3 heterocycles. The molecule has 9 heteroatoms. The molecule has 1 saturated heterocycles. The molecule has 1 fully saturated rings. The van der Waals surface area contributed by atoms with E-state index in [0.717, 1.165) is 43.2 Å². The van der Waals surface area contributed by atoms with Gasteiger partial charge in [-0.15, -0.1) is 0 Å². The molecular formula is C32H32ClN5O2S. The number of para-hydroxylation sites is 1. The summed E-state index contributed by atoms with van der Waals surface area (Å²) in [6, 6.07) is 28.2. The van der Waals surface area contributed by atoms with Gasteiger partial charge in [-0.2, -0.15) is 9.97 Å². The monoisotopic (exact) mass is 585 g/mol. The molecule has 2 N–H and O–H groups in total. The zero-order valence-corrected chi connectivity index (χ0v) is 24.3. The fourth-order valence-electron chi connectivity index (χ4n) is 5.51. The number of hydrogen-bond acceptors (Lipinski definition) is 6. The van der Waals surface area contributed by atoms with Crippen molar-refractivity contribution in [2.75, 3.05) is 36.5 Å². The van der Waals surface area contributed by atoms with Crippen LogP contribution in [0, 0.1) is 0 Å². The van der Waals surface area contributed by atoms with Gasteiger partial charge in [0.2, 0.25) is 11.8 Å². The summed E-state index contributed by atoms with van der Waals surface area (Å²) in [4.78, 5) is 11.8. The molecule has 7 nitrogen and oxygen atoms in total. The first-order valence-electron chi connectivity index (χ1n) is 13.9. The topological polar surface area (TPSA) is 71.5 Å². The van der Waals surface area contributed by atoms with Crippen LogP contribution in [0.2, 0.25) is 5.02 Å². The summed E-state index contributed by atoms with van der Waals surface area (Å²) in [5, 5.41) is 7.84. The smallest absolute Gasteiger partial charge is 0.234 e. The molecule has 41 heavy (non-hydrogen) atoms. The van der Waals surface area contributed by atoms with Crippen LogP contribution in [0.1, 0.15) is 29.5 Å². The highest BCUT2D eigenvalue weighted by atomic mass is 35.5. The maximum absolute atomic E-state index is 6.17.